The fourth-order valence-corrected chi connectivity index (χ4v) is 4.88. The summed E-state index contributed by atoms with van der Waals surface area (Å²) in [4.78, 5) is 10.8. The van der Waals surface area contributed by atoms with Crippen LogP contribution in [0.1, 0.15) is 30.4 Å². The molecule has 102 valence electrons. The average molecular weight is 356 g/mol. The largest absolute Gasteiger partial charge is 0.477 e. The zero-order valence-electron chi connectivity index (χ0n) is 10.1. The predicted octanol–water partition coefficient (Wildman–Crippen LogP) is 2.53. The van der Waals surface area contributed by atoms with Crippen molar-refractivity contribution in [2.45, 2.75) is 31.7 Å². The van der Waals surface area contributed by atoms with Crippen LogP contribution in [0.25, 0.3) is 0 Å². The predicted molar refractivity (Wildman–Crippen MR) is 73.6 cm³/mol. The Bertz CT molecular complexity index is 550. The molecule has 2 N–H and O–H groups in total. The number of carboxylic acids is 1. The molecule has 0 aliphatic rings. The Balaban J connectivity index is 3.09. The summed E-state index contributed by atoms with van der Waals surface area (Å²) in [6.45, 7) is 5.57. The van der Waals surface area contributed by atoms with Crippen LogP contribution in [0.2, 0.25) is 0 Å². The van der Waals surface area contributed by atoms with Gasteiger partial charge in [0.1, 0.15) is 9.77 Å². The standard InChI is InChI=1S/C10H14BrNO4S2/c1-5(2)6(3)12-18(15,16)8-4-7(10(13)14)17-9(8)11/h4-6,12H,1-3H3,(H,13,14). The van der Waals surface area contributed by atoms with E-state index in [4.69, 9.17) is 5.11 Å². The second-order valence-corrected chi connectivity index (χ2v) is 8.26. The molecule has 0 bridgehead atoms. The Hall–Kier alpha value is -0.440. The van der Waals surface area contributed by atoms with Crippen molar-refractivity contribution in [3.63, 3.8) is 0 Å². The lowest BCUT2D eigenvalue weighted by Gasteiger charge is -2.17. The summed E-state index contributed by atoms with van der Waals surface area (Å²) in [7, 11) is -3.70. The summed E-state index contributed by atoms with van der Waals surface area (Å²) in [5.74, 6) is -0.991. The van der Waals surface area contributed by atoms with Gasteiger partial charge in [-0.25, -0.2) is 17.9 Å². The number of sulfonamides is 1. The zero-order valence-corrected chi connectivity index (χ0v) is 13.3. The molecule has 1 aromatic rings. The van der Waals surface area contributed by atoms with Gasteiger partial charge in [-0.1, -0.05) is 13.8 Å². The Morgan fingerprint density at radius 2 is 2.00 bits per heavy atom. The molecule has 0 radical (unpaired) electrons. The van der Waals surface area contributed by atoms with Crippen LogP contribution in [-0.2, 0) is 10.0 Å². The van der Waals surface area contributed by atoms with E-state index in [0.717, 1.165) is 17.4 Å². The van der Waals surface area contributed by atoms with Gasteiger partial charge in [-0.2, -0.15) is 0 Å². The number of halogens is 1. The van der Waals surface area contributed by atoms with Gasteiger partial charge in [0.15, 0.2) is 0 Å². The maximum Gasteiger partial charge on any atom is 0.345 e. The molecular formula is C10H14BrNO4S2. The van der Waals surface area contributed by atoms with E-state index >= 15 is 0 Å². The van der Waals surface area contributed by atoms with Crippen molar-refractivity contribution in [1.29, 1.82) is 0 Å². The summed E-state index contributed by atoms with van der Waals surface area (Å²) in [6.07, 6.45) is 0. The van der Waals surface area contributed by atoms with Crippen molar-refractivity contribution in [1.82, 2.24) is 4.72 Å². The minimum atomic E-state index is -3.70. The van der Waals surface area contributed by atoms with E-state index in [1.807, 2.05) is 13.8 Å². The highest BCUT2D eigenvalue weighted by Crippen LogP contribution is 2.31. The number of rotatable bonds is 5. The lowest BCUT2D eigenvalue weighted by Crippen LogP contribution is -2.36. The number of aromatic carboxylic acids is 1. The second kappa shape index (κ2) is 5.68. The van der Waals surface area contributed by atoms with Crippen molar-refractivity contribution in [3.8, 4) is 0 Å². The molecule has 0 aliphatic heterocycles. The van der Waals surface area contributed by atoms with Gasteiger partial charge in [0.25, 0.3) is 0 Å². The zero-order chi connectivity index (χ0) is 14.1. The van der Waals surface area contributed by atoms with E-state index in [1.54, 1.807) is 6.92 Å². The highest BCUT2D eigenvalue weighted by molar-refractivity contribution is 9.11. The van der Waals surface area contributed by atoms with Crippen molar-refractivity contribution in [3.05, 3.63) is 14.7 Å². The molecule has 0 saturated heterocycles. The normalized spacial score (nSPS) is 13.8. The topological polar surface area (TPSA) is 83.5 Å². The molecule has 0 spiro atoms. The van der Waals surface area contributed by atoms with E-state index in [9.17, 15) is 13.2 Å². The summed E-state index contributed by atoms with van der Waals surface area (Å²) < 4.78 is 27.0. The van der Waals surface area contributed by atoms with Crippen LogP contribution in [0.5, 0.6) is 0 Å². The van der Waals surface area contributed by atoms with Crippen molar-refractivity contribution < 1.29 is 18.3 Å². The minimum absolute atomic E-state index is 0.0144. The molecule has 0 fully saturated rings. The smallest absolute Gasteiger partial charge is 0.345 e. The first-order valence-corrected chi connectivity index (χ1v) is 8.29. The van der Waals surface area contributed by atoms with E-state index in [2.05, 4.69) is 20.7 Å². The summed E-state index contributed by atoms with van der Waals surface area (Å²) in [6, 6.07) is 0.932. The lowest BCUT2D eigenvalue weighted by molar-refractivity contribution is 0.0702. The summed E-state index contributed by atoms with van der Waals surface area (Å²) >= 11 is 3.97. The summed E-state index contributed by atoms with van der Waals surface area (Å²) in [5, 5.41) is 8.83. The molecule has 18 heavy (non-hydrogen) atoms. The average Bonchev–Trinajstić information content (AvgIpc) is 2.60. The second-order valence-electron chi connectivity index (χ2n) is 4.21. The van der Waals surface area contributed by atoms with Gasteiger partial charge in [-0.15, -0.1) is 11.3 Å². The van der Waals surface area contributed by atoms with Crippen LogP contribution in [0.3, 0.4) is 0 Å². The maximum absolute atomic E-state index is 12.1. The van der Waals surface area contributed by atoms with E-state index in [0.29, 0.717) is 3.79 Å². The van der Waals surface area contributed by atoms with Crippen molar-refractivity contribution in [2.24, 2.45) is 5.92 Å². The van der Waals surface area contributed by atoms with Crippen molar-refractivity contribution >= 4 is 43.3 Å². The SMILES string of the molecule is CC(C)C(C)NS(=O)(=O)c1cc(C(=O)O)sc1Br. The molecule has 1 aromatic heterocycles. The molecular weight excluding hydrogens is 342 g/mol. The number of carboxylic acid groups (broad SMARTS) is 1. The molecule has 1 unspecified atom stereocenters. The molecule has 1 rings (SSSR count). The monoisotopic (exact) mass is 355 g/mol. The molecule has 0 aliphatic carbocycles. The molecule has 8 heteroatoms. The Labute approximate surface area is 118 Å². The van der Waals surface area contributed by atoms with Gasteiger partial charge < -0.3 is 5.11 Å². The highest BCUT2D eigenvalue weighted by atomic mass is 79.9. The number of carbonyl (C=O) groups is 1. The number of hydrogen-bond acceptors (Lipinski definition) is 4. The van der Waals surface area contributed by atoms with Crippen LogP contribution in [-0.4, -0.2) is 25.5 Å². The quantitative estimate of drug-likeness (QED) is 0.849. The molecule has 0 amide bonds. The molecule has 5 nitrogen and oxygen atoms in total. The van der Waals surface area contributed by atoms with Gasteiger partial charge in [0.2, 0.25) is 10.0 Å². The van der Waals surface area contributed by atoms with Crippen molar-refractivity contribution in [2.75, 3.05) is 0 Å². The Morgan fingerprint density at radius 1 is 1.44 bits per heavy atom. The Morgan fingerprint density at radius 3 is 2.39 bits per heavy atom. The first-order valence-electron chi connectivity index (χ1n) is 5.20. The van der Waals surface area contributed by atoms with Crippen LogP contribution >= 0.6 is 27.3 Å². The van der Waals surface area contributed by atoms with E-state index in [1.165, 1.54) is 0 Å². The van der Waals surface area contributed by atoms with Gasteiger partial charge in [-0.3, -0.25) is 0 Å². The molecule has 0 saturated carbocycles. The molecule has 1 atom stereocenters. The third kappa shape index (κ3) is 3.53. The van der Waals surface area contributed by atoms with Crippen LogP contribution in [0, 0.1) is 5.92 Å². The molecule has 0 aromatic carbocycles. The summed E-state index contributed by atoms with van der Waals surface area (Å²) in [5.41, 5.74) is 0. The van der Waals surface area contributed by atoms with E-state index in [-0.39, 0.29) is 21.7 Å². The fraction of sp³-hybridized carbons (Fsp3) is 0.500. The van der Waals surface area contributed by atoms with Gasteiger partial charge in [0, 0.05) is 6.04 Å². The Kier molecular flexibility index (Phi) is 4.93. The molecule has 1 heterocycles. The minimum Gasteiger partial charge on any atom is -0.477 e. The maximum atomic E-state index is 12.1. The third-order valence-corrected chi connectivity index (χ3v) is 6.30. The number of thiophene rings is 1. The van der Waals surface area contributed by atoms with Gasteiger partial charge in [-0.05, 0) is 34.8 Å². The first kappa shape index (κ1) is 15.6. The van der Waals surface area contributed by atoms with Gasteiger partial charge in [0.05, 0.1) is 3.79 Å². The highest BCUT2D eigenvalue weighted by Gasteiger charge is 2.25. The van der Waals surface area contributed by atoms with Crippen LogP contribution in [0.15, 0.2) is 14.7 Å². The van der Waals surface area contributed by atoms with Crippen LogP contribution in [0.4, 0.5) is 0 Å². The van der Waals surface area contributed by atoms with E-state index < -0.39 is 16.0 Å². The lowest BCUT2D eigenvalue weighted by atomic mass is 10.1. The number of hydrogen-bond donors (Lipinski definition) is 2. The number of nitrogens with one attached hydrogen (secondary N) is 1. The third-order valence-electron chi connectivity index (χ3n) is 2.50. The van der Waals surface area contributed by atoms with Gasteiger partial charge >= 0.3 is 5.97 Å². The fourth-order valence-electron chi connectivity index (χ4n) is 1.09. The van der Waals surface area contributed by atoms with Crippen LogP contribution < -0.4 is 4.72 Å². The first-order chi connectivity index (χ1) is 8.15.